The van der Waals surface area contributed by atoms with E-state index in [9.17, 15) is 9.90 Å². The fraction of sp³-hybridized carbons (Fsp3) is 0.182. The summed E-state index contributed by atoms with van der Waals surface area (Å²) in [5.41, 5.74) is 0.114. The number of aromatic hydroxyl groups is 1. The van der Waals surface area contributed by atoms with Crippen molar-refractivity contribution < 1.29 is 9.90 Å². The maximum absolute atomic E-state index is 11.9. The first kappa shape index (κ1) is 14.8. The molecule has 0 aromatic heterocycles. The number of rotatable bonds is 4. The molecule has 92 valence electrons. The van der Waals surface area contributed by atoms with Crippen LogP contribution >= 0.6 is 46.7 Å². The third-order valence-electron chi connectivity index (χ3n) is 1.94. The zero-order valence-electron chi connectivity index (χ0n) is 9.16. The van der Waals surface area contributed by atoms with Crippen molar-refractivity contribution in [3.63, 3.8) is 0 Å². The van der Waals surface area contributed by atoms with Gasteiger partial charge in [0, 0.05) is 15.3 Å². The number of carbonyl (C=O) groups excluding carboxylic acids is 1. The summed E-state index contributed by atoms with van der Waals surface area (Å²) in [6.45, 7) is 0. The van der Waals surface area contributed by atoms with E-state index in [0.717, 1.165) is 4.24 Å². The Morgan fingerprint density at radius 2 is 1.88 bits per heavy atom. The van der Waals surface area contributed by atoms with Crippen LogP contribution < -0.4 is 0 Å². The number of phenolic OH excluding ortho intramolecular Hbond substituents is 1. The SMILES string of the molecule is CSC(=CC(=O)c1cc(Cl)cc(Cl)c1O)SC. The summed E-state index contributed by atoms with van der Waals surface area (Å²) in [6, 6.07) is 2.79. The molecule has 0 aliphatic carbocycles. The van der Waals surface area contributed by atoms with Crippen molar-refractivity contribution in [2.75, 3.05) is 12.5 Å². The molecular formula is C11H10Cl2O2S2. The molecule has 0 fully saturated rings. The topological polar surface area (TPSA) is 37.3 Å². The van der Waals surface area contributed by atoms with E-state index >= 15 is 0 Å². The van der Waals surface area contributed by atoms with E-state index in [1.807, 2.05) is 12.5 Å². The Kier molecular flexibility index (Phi) is 5.73. The van der Waals surface area contributed by atoms with E-state index in [1.165, 1.54) is 41.7 Å². The highest BCUT2D eigenvalue weighted by Gasteiger charge is 2.14. The van der Waals surface area contributed by atoms with Gasteiger partial charge in [-0.2, -0.15) is 0 Å². The van der Waals surface area contributed by atoms with Crippen LogP contribution in [0.1, 0.15) is 10.4 Å². The van der Waals surface area contributed by atoms with Gasteiger partial charge in [0.2, 0.25) is 0 Å². The molecule has 0 saturated carbocycles. The van der Waals surface area contributed by atoms with Crippen LogP contribution in [0.2, 0.25) is 10.0 Å². The molecule has 0 aliphatic rings. The Hall–Kier alpha value is -0.290. The predicted octanol–water partition coefficient (Wildman–Crippen LogP) is 4.45. The van der Waals surface area contributed by atoms with Gasteiger partial charge >= 0.3 is 0 Å². The fourth-order valence-electron chi connectivity index (χ4n) is 1.14. The van der Waals surface area contributed by atoms with Crippen LogP contribution in [0.4, 0.5) is 0 Å². The van der Waals surface area contributed by atoms with Crippen molar-refractivity contribution in [1.29, 1.82) is 0 Å². The third kappa shape index (κ3) is 3.85. The molecule has 2 nitrogen and oxygen atoms in total. The van der Waals surface area contributed by atoms with Gasteiger partial charge in [0.15, 0.2) is 5.78 Å². The molecule has 0 amide bonds. The van der Waals surface area contributed by atoms with Crippen LogP contribution in [0, 0.1) is 0 Å². The lowest BCUT2D eigenvalue weighted by molar-refractivity contribution is 0.104. The number of halogens is 2. The monoisotopic (exact) mass is 308 g/mol. The molecule has 0 aliphatic heterocycles. The molecule has 1 N–H and O–H groups in total. The minimum atomic E-state index is -0.314. The first-order chi connectivity index (χ1) is 7.99. The number of ketones is 1. The van der Waals surface area contributed by atoms with Gasteiger partial charge in [-0.3, -0.25) is 4.79 Å². The van der Waals surface area contributed by atoms with E-state index in [2.05, 4.69) is 0 Å². The molecule has 0 unspecified atom stereocenters. The summed E-state index contributed by atoms with van der Waals surface area (Å²) in [7, 11) is 0. The van der Waals surface area contributed by atoms with Gasteiger partial charge in [0.1, 0.15) is 5.75 Å². The molecule has 17 heavy (non-hydrogen) atoms. The van der Waals surface area contributed by atoms with Gasteiger partial charge in [-0.1, -0.05) is 23.2 Å². The first-order valence-corrected chi connectivity index (χ1v) is 7.72. The molecule has 0 spiro atoms. The minimum Gasteiger partial charge on any atom is -0.506 e. The van der Waals surface area contributed by atoms with Gasteiger partial charge < -0.3 is 5.11 Å². The number of carbonyl (C=O) groups is 1. The van der Waals surface area contributed by atoms with Crippen molar-refractivity contribution in [2.45, 2.75) is 0 Å². The lowest BCUT2D eigenvalue weighted by Gasteiger charge is -2.05. The summed E-state index contributed by atoms with van der Waals surface area (Å²) < 4.78 is 0.852. The number of hydrogen-bond acceptors (Lipinski definition) is 4. The Bertz CT molecular complexity index is 467. The number of thioether (sulfide) groups is 2. The molecule has 1 aromatic rings. The Balaban J connectivity index is 3.17. The van der Waals surface area contributed by atoms with Crippen molar-refractivity contribution in [3.8, 4) is 5.75 Å². The molecule has 1 rings (SSSR count). The summed E-state index contributed by atoms with van der Waals surface area (Å²) in [5.74, 6) is -0.551. The van der Waals surface area contributed by atoms with Gasteiger partial charge in [0.05, 0.1) is 10.6 Å². The van der Waals surface area contributed by atoms with Crippen molar-refractivity contribution in [1.82, 2.24) is 0 Å². The van der Waals surface area contributed by atoms with E-state index < -0.39 is 0 Å². The maximum atomic E-state index is 11.9. The first-order valence-electron chi connectivity index (χ1n) is 4.51. The van der Waals surface area contributed by atoms with Crippen LogP contribution in [-0.2, 0) is 0 Å². The van der Waals surface area contributed by atoms with Crippen molar-refractivity contribution >= 4 is 52.5 Å². The van der Waals surface area contributed by atoms with E-state index in [4.69, 9.17) is 23.2 Å². The lowest BCUT2D eigenvalue weighted by atomic mass is 10.1. The fourth-order valence-corrected chi connectivity index (χ4v) is 2.75. The number of benzene rings is 1. The highest BCUT2D eigenvalue weighted by molar-refractivity contribution is 8.21. The maximum Gasteiger partial charge on any atom is 0.191 e. The Morgan fingerprint density at radius 3 is 2.41 bits per heavy atom. The highest BCUT2D eigenvalue weighted by Crippen LogP contribution is 2.32. The highest BCUT2D eigenvalue weighted by atomic mass is 35.5. The van der Waals surface area contributed by atoms with Gasteiger partial charge in [0.25, 0.3) is 0 Å². The average molecular weight is 309 g/mol. The summed E-state index contributed by atoms with van der Waals surface area (Å²) in [5, 5.41) is 10.1. The largest absolute Gasteiger partial charge is 0.506 e. The molecule has 0 atom stereocenters. The molecule has 0 radical (unpaired) electrons. The van der Waals surface area contributed by atoms with Gasteiger partial charge in [-0.05, 0) is 24.6 Å². The second kappa shape index (κ2) is 6.59. The lowest BCUT2D eigenvalue weighted by Crippen LogP contribution is -1.96. The number of allylic oxidation sites excluding steroid dienone is 1. The standard InChI is InChI=1S/C11H10Cl2O2S2/c1-16-10(17-2)5-9(14)7-3-6(12)4-8(13)11(7)15/h3-5,15H,1-2H3. The summed E-state index contributed by atoms with van der Waals surface area (Å²) in [4.78, 5) is 11.9. The minimum absolute atomic E-state index is 0.0732. The second-order valence-electron chi connectivity index (χ2n) is 3.02. The van der Waals surface area contributed by atoms with Crippen LogP contribution in [0.25, 0.3) is 0 Å². The molecule has 0 saturated heterocycles. The average Bonchev–Trinajstić information content (AvgIpc) is 2.30. The number of phenols is 1. The van der Waals surface area contributed by atoms with Gasteiger partial charge in [-0.15, -0.1) is 23.5 Å². The summed E-state index contributed by atoms with van der Waals surface area (Å²) >= 11 is 14.5. The zero-order valence-corrected chi connectivity index (χ0v) is 12.3. The zero-order chi connectivity index (χ0) is 13.0. The molecule has 6 heteroatoms. The predicted molar refractivity (Wildman–Crippen MR) is 77.6 cm³/mol. The van der Waals surface area contributed by atoms with E-state index in [0.29, 0.717) is 5.02 Å². The second-order valence-corrected chi connectivity index (χ2v) is 5.82. The van der Waals surface area contributed by atoms with Crippen LogP contribution in [0.3, 0.4) is 0 Å². The van der Waals surface area contributed by atoms with Crippen LogP contribution in [0.5, 0.6) is 5.75 Å². The van der Waals surface area contributed by atoms with E-state index in [1.54, 1.807) is 0 Å². The Morgan fingerprint density at radius 1 is 1.29 bits per heavy atom. The smallest absolute Gasteiger partial charge is 0.191 e. The number of hydrogen-bond donors (Lipinski definition) is 1. The molecule has 1 aromatic carbocycles. The quantitative estimate of drug-likeness (QED) is 0.658. The van der Waals surface area contributed by atoms with Crippen molar-refractivity contribution in [2.24, 2.45) is 0 Å². The molecular weight excluding hydrogens is 299 g/mol. The molecule has 0 bridgehead atoms. The van der Waals surface area contributed by atoms with E-state index in [-0.39, 0.29) is 22.1 Å². The normalized spacial score (nSPS) is 10.1. The Labute approximate surface area is 118 Å². The van der Waals surface area contributed by atoms with Gasteiger partial charge in [-0.25, -0.2) is 0 Å². The summed E-state index contributed by atoms with van der Waals surface area (Å²) in [6.07, 6.45) is 5.21. The van der Waals surface area contributed by atoms with Crippen molar-refractivity contribution in [3.05, 3.63) is 38.1 Å². The van der Waals surface area contributed by atoms with Crippen LogP contribution in [0.15, 0.2) is 22.4 Å². The van der Waals surface area contributed by atoms with Crippen LogP contribution in [-0.4, -0.2) is 23.4 Å². The third-order valence-corrected chi connectivity index (χ3v) is 4.49. The molecule has 0 heterocycles.